The zero-order chi connectivity index (χ0) is 20.0. The second-order valence-electron chi connectivity index (χ2n) is 6.10. The fourth-order valence-corrected chi connectivity index (χ4v) is 2.65. The fourth-order valence-electron chi connectivity index (χ4n) is 2.65. The van der Waals surface area contributed by atoms with Crippen LogP contribution in [0.4, 0.5) is 19.0 Å². The Kier molecular flexibility index (Phi) is 6.08. The SMILES string of the molecule is CCCc1cncnc1NCc1cccnc1Oc1cccc(C(F)(F)F)c1. The lowest BCUT2D eigenvalue weighted by Gasteiger charge is -2.13. The molecule has 3 rings (SSSR count). The summed E-state index contributed by atoms with van der Waals surface area (Å²) in [5, 5.41) is 3.23. The highest BCUT2D eigenvalue weighted by Crippen LogP contribution is 2.33. The molecular formula is C20H19F3N4O. The number of hydrogen-bond acceptors (Lipinski definition) is 5. The van der Waals surface area contributed by atoms with Crippen LogP contribution in [0.5, 0.6) is 11.6 Å². The van der Waals surface area contributed by atoms with Crippen LogP contribution in [0, 0.1) is 0 Å². The molecule has 0 spiro atoms. The molecule has 0 unspecified atom stereocenters. The Hall–Kier alpha value is -3.16. The minimum absolute atomic E-state index is 0.0727. The number of nitrogens with one attached hydrogen (secondary N) is 1. The minimum atomic E-state index is -4.43. The number of nitrogens with zero attached hydrogens (tertiary/aromatic N) is 3. The Labute approximate surface area is 160 Å². The third kappa shape index (κ3) is 4.97. The van der Waals surface area contributed by atoms with E-state index in [9.17, 15) is 13.2 Å². The van der Waals surface area contributed by atoms with Crippen molar-refractivity contribution in [1.82, 2.24) is 15.0 Å². The van der Waals surface area contributed by atoms with Crippen molar-refractivity contribution in [3.63, 3.8) is 0 Å². The number of rotatable bonds is 7. The minimum Gasteiger partial charge on any atom is -0.439 e. The molecule has 0 saturated heterocycles. The van der Waals surface area contributed by atoms with E-state index in [0.29, 0.717) is 17.9 Å². The topological polar surface area (TPSA) is 59.9 Å². The second-order valence-corrected chi connectivity index (χ2v) is 6.10. The number of alkyl halides is 3. The first kappa shape index (κ1) is 19.6. The zero-order valence-corrected chi connectivity index (χ0v) is 15.2. The molecule has 0 saturated carbocycles. The number of pyridine rings is 1. The summed E-state index contributed by atoms with van der Waals surface area (Å²) in [7, 11) is 0. The van der Waals surface area contributed by atoms with Crippen LogP contribution in [0.25, 0.3) is 0 Å². The molecule has 0 bridgehead atoms. The largest absolute Gasteiger partial charge is 0.439 e. The van der Waals surface area contributed by atoms with Gasteiger partial charge in [-0.15, -0.1) is 0 Å². The van der Waals surface area contributed by atoms with Crippen molar-refractivity contribution in [2.75, 3.05) is 5.32 Å². The second kappa shape index (κ2) is 8.69. The average Bonchev–Trinajstić information content (AvgIpc) is 2.68. The maximum absolute atomic E-state index is 12.9. The van der Waals surface area contributed by atoms with Crippen molar-refractivity contribution in [2.45, 2.75) is 32.5 Å². The van der Waals surface area contributed by atoms with Crippen molar-refractivity contribution in [3.8, 4) is 11.6 Å². The van der Waals surface area contributed by atoms with Crippen LogP contribution in [0.15, 0.2) is 55.1 Å². The van der Waals surface area contributed by atoms with Gasteiger partial charge in [-0.05, 0) is 30.7 Å². The van der Waals surface area contributed by atoms with Crippen LogP contribution in [0.1, 0.15) is 30.0 Å². The number of aryl methyl sites for hydroxylation is 1. The van der Waals surface area contributed by atoms with Gasteiger partial charge in [0, 0.05) is 30.1 Å². The van der Waals surface area contributed by atoms with Gasteiger partial charge < -0.3 is 10.1 Å². The summed E-state index contributed by atoms with van der Waals surface area (Å²) in [6, 6.07) is 8.25. The van der Waals surface area contributed by atoms with Crippen LogP contribution < -0.4 is 10.1 Å². The maximum Gasteiger partial charge on any atom is 0.416 e. The van der Waals surface area contributed by atoms with Crippen LogP contribution in [0.3, 0.4) is 0 Å². The predicted molar refractivity (Wildman–Crippen MR) is 99.1 cm³/mol. The molecule has 3 aromatic rings. The van der Waals surface area contributed by atoms with Gasteiger partial charge in [0.05, 0.1) is 5.56 Å². The summed E-state index contributed by atoms with van der Waals surface area (Å²) in [4.78, 5) is 12.5. The molecular weight excluding hydrogens is 369 g/mol. The van der Waals surface area contributed by atoms with Crippen LogP contribution in [-0.4, -0.2) is 15.0 Å². The molecule has 2 heterocycles. The maximum atomic E-state index is 12.9. The van der Waals surface area contributed by atoms with Gasteiger partial charge in [0.15, 0.2) is 0 Å². The van der Waals surface area contributed by atoms with Gasteiger partial charge >= 0.3 is 6.18 Å². The molecule has 8 heteroatoms. The Morgan fingerprint density at radius 2 is 1.93 bits per heavy atom. The molecule has 1 N–H and O–H groups in total. The van der Waals surface area contributed by atoms with E-state index in [-0.39, 0.29) is 11.6 Å². The first-order valence-corrected chi connectivity index (χ1v) is 8.79. The highest BCUT2D eigenvalue weighted by molar-refractivity contribution is 5.44. The molecule has 5 nitrogen and oxygen atoms in total. The lowest BCUT2D eigenvalue weighted by Crippen LogP contribution is -2.07. The van der Waals surface area contributed by atoms with Crippen LogP contribution >= 0.6 is 0 Å². The summed E-state index contributed by atoms with van der Waals surface area (Å²) in [6.07, 6.45) is 2.12. The quantitative estimate of drug-likeness (QED) is 0.599. The highest BCUT2D eigenvalue weighted by Gasteiger charge is 2.30. The van der Waals surface area contributed by atoms with E-state index in [1.807, 2.05) is 0 Å². The number of halogens is 3. The summed E-state index contributed by atoms with van der Waals surface area (Å²) in [5.41, 5.74) is 0.918. The highest BCUT2D eigenvalue weighted by atomic mass is 19.4. The number of aromatic nitrogens is 3. The van der Waals surface area contributed by atoms with Gasteiger partial charge in [-0.2, -0.15) is 13.2 Å². The van der Waals surface area contributed by atoms with Gasteiger partial charge in [-0.1, -0.05) is 25.5 Å². The molecule has 2 aromatic heterocycles. The number of ether oxygens (including phenoxy) is 1. The van der Waals surface area contributed by atoms with E-state index >= 15 is 0 Å². The molecule has 0 aliphatic heterocycles. The average molecular weight is 388 g/mol. The van der Waals surface area contributed by atoms with Crippen molar-refractivity contribution in [2.24, 2.45) is 0 Å². The van der Waals surface area contributed by atoms with Crippen molar-refractivity contribution >= 4 is 5.82 Å². The van der Waals surface area contributed by atoms with E-state index in [0.717, 1.165) is 30.5 Å². The van der Waals surface area contributed by atoms with E-state index in [1.54, 1.807) is 18.3 Å². The van der Waals surface area contributed by atoms with E-state index in [2.05, 4.69) is 27.2 Å². The van der Waals surface area contributed by atoms with Gasteiger partial charge in [0.1, 0.15) is 17.9 Å². The smallest absolute Gasteiger partial charge is 0.416 e. The monoisotopic (exact) mass is 388 g/mol. The Morgan fingerprint density at radius 3 is 2.71 bits per heavy atom. The number of benzene rings is 1. The molecule has 0 fully saturated rings. The van der Waals surface area contributed by atoms with Gasteiger partial charge in [0.2, 0.25) is 5.88 Å². The predicted octanol–water partition coefficient (Wildman–Crippen LogP) is 5.25. The lowest BCUT2D eigenvalue weighted by atomic mass is 10.2. The van der Waals surface area contributed by atoms with Crippen molar-refractivity contribution in [1.29, 1.82) is 0 Å². The summed E-state index contributed by atoms with van der Waals surface area (Å²) >= 11 is 0. The van der Waals surface area contributed by atoms with E-state index in [1.165, 1.54) is 24.7 Å². The van der Waals surface area contributed by atoms with Gasteiger partial charge in [-0.3, -0.25) is 0 Å². The normalized spacial score (nSPS) is 11.3. The Morgan fingerprint density at radius 1 is 1.07 bits per heavy atom. The summed E-state index contributed by atoms with van der Waals surface area (Å²) < 4.78 is 44.3. The van der Waals surface area contributed by atoms with Gasteiger partial charge in [0.25, 0.3) is 0 Å². The first-order chi connectivity index (χ1) is 13.5. The first-order valence-electron chi connectivity index (χ1n) is 8.79. The third-order valence-electron chi connectivity index (χ3n) is 3.98. The van der Waals surface area contributed by atoms with Crippen molar-refractivity contribution < 1.29 is 17.9 Å². The third-order valence-corrected chi connectivity index (χ3v) is 3.98. The molecule has 146 valence electrons. The molecule has 0 aliphatic rings. The zero-order valence-electron chi connectivity index (χ0n) is 15.2. The van der Waals surface area contributed by atoms with Crippen molar-refractivity contribution in [3.05, 3.63) is 71.8 Å². The molecule has 1 aromatic carbocycles. The summed E-state index contributed by atoms with van der Waals surface area (Å²) in [5.74, 6) is 1.02. The molecule has 0 aliphatic carbocycles. The fraction of sp³-hybridized carbons (Fsp3) is 0.250. The number of anilines is 1. The molecule has 0 radical (unpaired) electrons. The molecule has 28 heavy (non-hydrogen) atoms. The summed E-state index contributed by atoms with van der Waals surface area (Å²) in [6.45, 7) is 2.43. The lowest BCUT2D eigenvalue weighted by molar-refractivity contribution is -0.137. The Bertz CT molecular complexity index is 931. The van der Waals surface area contributed by atoms with Crippen LogP contribution in [-0.2, 0) is 19.1 Å². The van der Waals surface area contributed by atoms with E-state index < -0.39 is 11.7 Å². The standard InChI is InChI=1S/C20H19F3N4O/c1-2-5-14-11-24-13-27-18(14)26-12-15-6-4-9-25-19(15)28-17-8-3-7-16(10-17)20(21,22)23/h3-4,6-11,13H,2,5,12H2,1H3,(H,24,26,27). The number of hydrogen-bond donors (Lipinski definition) is 1. The Balaban J connectivity index is 1.77. The van der Waals surface area contributed by atoms with Crippen LogP contribution in [0.2, 0.25) is 0 Å². The molecule has 0 atom stereocenters. The van der Waals surface area contributed by atoms with E-state index in [4.69, 9.17) is 4.74 Å². The van der Waals surface area contributed by atoms with Gasteiger partial charge in [-0.25, -0.2) is 15.0 Å². The molecule has 0 amide bonds.